The first kappa shape index (κ1) is 16.7. The molecular weight excluding hydrogens is 356 g/mol. The lowest BCUT2D eigenvalue weighted by molar-refractivity contribution is 0.400. The third-order valence-corrected chi connectivity index (χ3v) is 5.80. The van der Waals surface area contributed by atoms with Crippen molar-refractivity contribution in [1.29, 1.82) is 0 Å². The van der Waals surface area contributed by atoms with Gasteiger partial charge in [0, 0.05) is 16.6 Å². The lowest BCUT2D eigenvalue weighted by atomic mass is 10.1. The number of sulfonamides is 1. The van der Waals surface area contributed by atoms with Crippen molar-refractivity contribution in [3.63, 3.8) is 0 Å². The van der Waals surface area contributed by atoms with Gasteiger partial charge in [0.25, 0.3) is 0 Å². The van der Waals surface area contributed by atoms with Gasteiger partial charge >= 0.3 is 0 Å². The van der Waals surface area contributed by atoms with E-state index in [2.05, 4.69) is 20.7 Å². The van der Waals surface area contributed by atoms with Crippen LogP contribution < -0.4 is 15.2 Å². The van der Waals surface area contributed by atoms with E-state index in [1.165, 1.54) is 7.11 Å². The second kappa shape index (κ2) is 7.09. The Morgan fingerprint density at radius 2 is 2.00 bits per heavy atom. The minimum absolute atomic E-state index is 0.135. The summed E-state index contributed by atoms with van der Waals surface area (Å²) in [4.78, 5) is 0.135. The molecule has 0 bridgehead atoms. The van der Waals surface area contributed by atoms with E-state index >= 15 is 0 Å². The molecule has 0 amide bonds. The number of nitrogens with one attached hydrogen (secondary N) is 1. The Kier molecular flexibility index (Phi) is 5.65. The first-order valence-electron chi connectivity index (χ1n) is 7.05. The maximum Gasteiger partial charge on any atom is 0.244 e. The van der Waals surface area contributed by atoms with Crippen LogP contribution in [0.1, 0.15) is 32.1 Å². The molecule has 118 valence electrons. The van der Waals surface area contributed by atoms with Crippen LogP contribution >= 0.6 is 15.9 Å². The van der Waals surface area contributed by atoms with Crippen molar-refractivity contribution in [2.75, 3.05) is 7.11 Å². The van der Waals surface area contributed by atoms with Crippen LogP contribution in [0.4, 0.5) is 0 Å². The summed E-state index contributed by atoms with van der Waals surface area (Å²) >= 11 is 3.30. The summed E-state index contributed by atoms with van der Waals surface area (Å²) in [6.07, 6.45) is 4.78. The smallest absolute Gasteiger partial charge is 0.244 e. The van der Waals surface area contributed by atoms with Crippen molar-refractivity contribution < 1.29 is 13.2 Å². The first-order chi connectivity index (χ1) is 9.94. The molecule has 1 aliphatic rings. The third-order valence-electron chi connectivity index (χ3n) is 3.79. The molecule has 0 saturated heterocycles. The fraction of sp³-hybridized carbons (Fsp3) is 0.571. The van der Waals surface area contributed by atoms with Gasteiger partial charge in [-0.2, -0.15) is 0 Å². The van der Waals surface area contributed by atoms with E-state index in [4.69, 9.17) is 10.5 Å². The van der Waals surface area contributed by atoms with Crippen LogP contribution in [0.25, 0.3) is 0 Å². The lowest BCUT2D eigenvalue weighted by Gasteiger charge is -2.23. The van der Waals surface area contributed by atoms with E-state index in [1.54, 1.807) is 18.2 Å². The summed E-state index contributed by atoms with van der Waals surface area (Å²) in [5, 5.41) is 0. The molecule has 1 fully saturated rings. The summed E-state index contributed by atoms with van der Waals surface area (Å²) in [6, 6.07) is 4.56. The highest BCUT2D eigenvalue weighted by Crippen LogP contribution is 2.28. The number of rotatable bonds is 4. The highest BCUT2D eigenvalue weighted by atomic mass is 79.9. The molecule has 1 aromatic rings. The average molecular weight is 377 g/mol. The molecule has 0 aromatic heterocycles. The standard InChI is InChI=1S/C14H21BrN2O3S/c1-20-13-8-7-10(15)9-14(13)21(18,19)17-12-6-4-2-3-5-11(12)16/h7-9,11-12,17H,2-6,16H2,1H3. The van der Waals surface area contributed by atoms with Gasteiger partial charge in [-0.3, -0.25) is 0 Å². The molecule has 2 unspecified atom stereocenters. The Hall–Kier alpha value is -0.630. The maximum atomic E-state index is 12.6. The summed E-state index contributed by atoms with van der Waals surface area (Å²) in [7, 11) is -2.20. The van der Waals surface area contributed by atoms with Crippen LogP contribution in [0.5, 0.6) is 5.75 Å². The number of nitrogens with two attached hydrogens (primary N) is 1. The fourth-order valence-electron chi connectivity index (χ4n) is 2.61. The van der Waals surface area contributed by atoms with Crippen molar-refractivity contribution in [2.45, 2.75) is 49.1 Å². The summed E-state index contributed by atoms with van der Waals surface area (Å²) in [5.41, 5.74) is 6.10. The number of halogens is 1. The topological polar surface area (TPSA) is 81.4 Å². The molecule has 0 aliphatic heterocycles. The van der Waals surface area contributed by atoms with E-state index in [0.717, 1.165) is 32.1 Å². The zero-order valence-corrected chi connectivity index (χ0v) is 14.4. The molecule has 3 N–H and O–H groups in total. The molecule has 1 aliphatic carbocycles. The molecule has 1 aromatic carbocycles. The fourth-order valence-corrected chi connectivity index (χ4v) is 4.64. The molecule has 7 heteroatoms. The van der Waals surface area contributed by atoms with Crippen molar-refractivity contribution in [3.05, 3.63) is 22.7 Å². The van der Waals surface area contributed by atoms with E-state index < -0.39 is 10.0 Å². The molecule has 2 atom stereocenters. The second-order valence-electron chi connectivity index (χ2n) is 5.32. The average Bonchev–Trinajstić information content (AvgIpc) is 2.64. The summed E-state index contributed by atoms with van der Waals surface area (Å²) in [6.45, 7) is 0. The molecule has 1 saturated carbocycles. The van der Waals surface area contributed by atoms with E-state index in [9.17, 15) is 8.42 Å². The van der Waals surface area contributed by atoms with Crippen LogP contribution in [0.2, 0.25) is 0 Å². The Balaban J connectivity index is 2.27. The highest BCUT2D eigenvalue weighted by molar-refractivity contribution is 9.10. The SMILES string of the molecule is COc1ccc(Br)cc1S(=O)(=O)NC1CCCCCC1N. The molecule has 2 rings (SSSR count). The van der Waals surface area contributed by atoms with Gasteiger partial charge in [-0.05, 0) is 31.0 Å². The van der Waals surface area contributed by atoms with Gasteiger partial charge in [-0.25, -0.2) is 13.1 Å². The largest absolute Gasteiger partial charge is 0.495 e. The van der Waals surface area contributed by atoms with Crippen LogP contribution in [0.15, 0.2) is 27.6 Å². The zero-order valence-electron chi connectivity index (χ0n) is 12.0. The minimum Gasteiger partial charge on any atom is -0.495 e. The summed E-state index contributed by atoms with van der Waals surface area (Å²) in [5.74, 6) is 0.327. The van der Waals surface area contributed by atoms with Crippen LogP contribution in [0, 0.1) is 0 Å². The van der Waals surface area contributed by atoms with Crippen molar-refractivity contribution in [2.24, 2.45) is 5.73 Å². The maximum absolute atomic E-state index is 12.6. The lowest BCUT2D eigenvalue weighted by Crippen LogP contribution is -2.46. The molecule has 0 radical (unpaired) electrons. The van der Waals surface area contributed by atoms with Gasteiger partial charge in [0.1, 0.15) is 10.6 Å². The normalized spacial score (nSPS) is 23.6. The molecule has 0 spiro atoms. The minimum atomic E-state index is -3.66. The van der Waals surface area contributed by atoms with E-state index in [1.807, 2.05) is 0 Å². The van der Waals surface area contributed by atoms with Gasteiger partial charge in [-0.1, -0.05) is 35.2 Å². The first-order valence-corrected chi connectivity index (χ1v) is 9.33. The van der Waals surface area contributed by atoms with E-state index in [0.29, 0.717) is 10.2 Å². The quantitative estimate of drug-likeness (QED) is 0.790. The molecule has 5 nitrogen and oxygen atoms in total. The van der Waals surface area contributed by atoms with Crippen molar-refractivity contribution in [1.82, 2.24) is 4.72 Å². The Labute approximate surface area is 134 Å². The number of ether oxygens (including phenoxy) is 1. The summed E-state index contributed by atoms with van der Waals surface area (Å²) < 4.78 is 33.8. The Bertz CT molecular complexity index is 592. The number of hydrogen-bond acceptors (Lipinski definition) is 4. The van der Waals surface area contributed by atoms with Crippen molar-refractivity contribution >= 4 is 26.0 Å². The van der Waals surface area contributed by atoms with Gasteiger partial charge < -0.3 is 10.5 Å². The highest BCUT2D eigenvalue weighted by Gasteiger charge is 2.28. The number of hydrogen-bond donors (Lipinski definition) is 2. The monoisotopic (exact) mass is 376 g/mol. The predicted molar refractivity (Wildman–Crippen MR) is 85.9 cm³/mol. The van der Waals surface area contributed by atoms with Crippen LogP contribution in [-0.2, 0) is 10.0 Å². The Morgan fingerprint density at radius 3 is 2.71 bits per heavy atom. The third kappa shape index (κ3) is 4.18. The molecule has 21 heavy (non-hydrogen) atoms. The van der Waals surface area contributed by atoms with Gasteiger partial charge in [0.2, 0.25) is 10.0 Å². The Morgan fingerprint density at radius 1 is 1.29 bits per heavy atom. The second-order valence-corrected chi connectivity index (χ2v) is 7.92. The van der Waals surface area contributed by atoms with Gasteiger partial charge in [0.15, 0.2) is 0 Å². The zero-order chi connectivity index (χ0) is 15.5. The molecular formula is C14H21BrN2O3S. The molecule has 0 heterocycles. The van der Waals surface area contributed by atoms with E-state index in [-0.39, 0.29) is 17.0 Å². The number of methoxy groups -OCH3 is 1. The van der Waals surface area contributed by atoms with Gasteiger partial charge in [0.05, 0.1) is 7.11 Å². The van der Waals surface area contributed by atoms with Crippen LogP contribution in [-0.4, -0.2) is 27.6 Å². The predicted octanol–water partition coefficient (Wildman–Crippen LogP) is 2.40. The van der Waals surface area contributed by atoms with Crippen molar-refractivity contribution in [3.8, 4) is 5.75 Å². The van der Waals surface area contributed by atoms with Crippen LogP contribution in [0.3, 0.4) is 0 Å². The number of benzene rings is 1. The van der Waals surface area contributed by atoms with Gasteiger partial charge in [-0.15, -0.1) is 0 Å².